The Hall–Kier alpha value is -3.57. The summed E-state index contributed by atoms with van der Waals surface area (Å²) in [5.41, 5.74) is 0.748. The van der Waals surface area contributed by atoms with Gasteiger partial charge in [0.2, 0.25) is 11.8 Å². The van der Waals surface area contributed by atoms with Crippen LogP contribution in [0.2, 0.25) is 5.02 Å². The third kappa shape index (κ3) is 8.18. The van der Waals surface area contributed by atoms with E-state index < -0.39 is 45.3 Å². The van der Waals surface area contributed by atoms with E-state index in [1.165, 1.54) is 17.0 Å². The van der Waals surface area contributed by atoms with E-state index in [1.54, 1.807) is 32.0 Å². The number of benzene rings is 3. The molecule has 242 valence electrons. The number of sulfonamides is 1. The van der Waals surface area contributed by atoms with Gasteiger partial charge in [-0.05, 0) is 74.6 Å². The first-order valence-corrected chi connectivity index (χ1v) is 16.6. The van der Waals surface area contributed by atoms with Crippen molar-refractivity contribution in [2.24, 2.45) is 0 Å². The van der Waals surface area contributed by atoms with Crippen LogP contribution < -0.4 is 9.62 Å². The molecule has 7 nitrogen and oxygen atoms in total. The number of halogens is 4. The Morgan fingerprint density at radius 1 is 1.00 bits per heavy atom. The van der Waals surface area contributed by atoms with Gasteiger partial charge >= 0.3 is 6.18 Å². The van der Waals surface area contributed by atoms with E-state index in [0.717, 1.165) is 54.5 Å². The molecule has 0 spiro atoms. The number of carbonyl (C=O) groups excluding carboxylic acids is 2. The summed E-state index contributed by atoms with van der Waals surface area (Å²) in [4.78, 5) is 28.9. The summed E-state index contributed by atoms with van der Waals surface area (Å²) in [5.74, 6) is -1.10. The summed E-state index contributed by atoms with van der Waals surface area (Å²) in [7, 11) is -4.55. The first-order valence-electron chi connectivity index (χ1n) is 14.8. The summed E-state index contributed by atoms with van der Waals surface area (Å²) in [6.07, 6.45) is -1.01. The van der Waals surface area contributed by atoms with Crippen LogP contribution in [0.1, 0.15) is 61.3 Å². The molecule has 1 atom stereocenters. The average Bonchev–Trinajstić information content (AvgIpc) is 3.49. The van der Waals surface area contributed by atoms with Gasteiger partial charge in [-0.15, -0.1) is 0 Å². The Morgan fingerprint density at radius 2 is 1.64 bits per heavy atom. The van der Waals surface area contributed by atoms with E-state index in [-0.39, 0.29) is 35.5 Å². The molecule has 1 saturated carbocycles. The number of anilines is 1. The molecule has 1 aliphatic rings. The van der Waals surface area contributed by atoms with Crippen LogP contribution >= 0.6 is 11.6 Å². The molecule has 2 amide bonds. The molecule has 45 heavy (non-hydrogen) atoms. The second kappa shape index (κ2) is 14.2. The highest BCUT2D eigenvalue weighted by atomic mass is 35.5. The summed E-state index contributed by atoms with van der Waals surface area (Å²) >= 11 is 5.85. The van der Waals surface area contributed by atoms with Crippen molar-refractivity contribution in [1.82, 2.24) is 10.2 Å². The lowest BCUT2D eigenvalue weighted by molar-refractivity contribution is -0.140. The summed E-state index contributed by atoms with van der Waals surface area (Å²) < 4.78 is 70.3. The van der Waals surface area contributed by atoms with Gasteiger partial charge in [0.1, 0.15) is 12.6 Å². The monoisotopic (exact) mass is 663 g/mol. The Kier molecular flexibility index (Phi) is 10.9. The Labute approximate surface area is 267 Å². The van der Waals surface area contributed by atoms with Crippen molar-refractivity contribution >= 4 is 39.1 Å². The third-order valence-electron chi connectivity index (χ3n) is 8.12. The van der Waals surface area contributed by atoms with Crippen molar-refractivity contribution in [2.75, 3.05) is 10.8 Å². The van der Waals surface area contributed by atoms with Gasteiger partial charge in [0.05, 0.1) is 21.2 Å². The van der Waals surface area contributed by atoms with Crippen molar-refractivity contribution in [3.8, 4) is 0 Å². The van der Waals surface area contributed by atoms with Crippen molar-refractivity contribution in [1.29, 1.82) is 0 Å². The van der Waals surface area contributed by atoms with Crippen LogP contribution in [-0.2, 0) is 32.3 Å². The average molecular weight is 664 g/mol. The molecule has 1 unspecified atom stereocenters. The molecular formula is C33H37ClF3N3O4S. The molecule has 4 rings (SSSR count). The topological polar surface area (TPSA) is 86.8 Å². The van der Waals surface area contributed by atoms with Gasteiger partial charge < -0.3 is 10.2 Å². The van der Waals surface area contributed by atoms with Gasteiger partial charge in [-0.3, -0.25) is 13.9 Å². The van der Waals surface area contributed by atoms with E-state index in [2.05, 4.69) is 5.32 Å². The Balaban J connectivity index is 1.79. The molecule has 0 bridgehead atoms. The lowest BCUT2D eigenvalue weighted by Gasteiger charge is -2.34. The summed E-state index contributed by atoms with van der Waals surface area (Å²) in [6.45, 7) is 4.52. The molecule has 1 aliphatic carbocycles. The van der Waals surface area contributed by atoms with E-state index in [1.807, 2.05) is 25.1 Å². The van der Waals surface area contributed by atoms with Crippen LogP contribution in [-0.4, -0.2) is 43.8 Å². The predicted octanol–water partition coefficient (Wildman–Crippen LogP) is 7.04. The first kappa shape index (κ1) is 34.3. The summed E-state index contributed by atoms with van der Waals surface area (Å²) in [6, 6.07) is 14.8. The van der Waals surface area contributed by atoms with Crippen LogP contribution in [0.25, 0.3) is 0 Å². The van der Waals surface area contributed by atoms with Crippen molar-refractivity contribution in [2.45, 2.75) is 82.6 Å². The van der Waals surface area contributed by atoms with Crippen molar-refractivity contribution < 1.29 is 31.2 Å². The van der Waals surface area contributed by atoms with E-state index in [9.17, 15) is 31.2 Å². The highest BCUT2D eigenvalue weighted by molar-refractivity contribution is 7.92. The van der Waals surface area contributed by atoms with Gasteiger partial charge in [-0.1, -0.05) is 73.3 Å². The molecule has 1 fully saturated rings. The number of alkyl halides is 3. The minimum atomic E-state index is -4.88. The van der Waals surface area contributed by atoms with Gasteiger partial charge in [-0.25, -0.2) is 8.42 Å². The fourth-order valence-electron chi connectivity index (χ4n) is 5.51. The molecule has 0 aliphatic heterocycles. The van der Waals surface area contributed by atoms with Crippen molar-refractivity contribution in [3.05, 3.63) is 94.0 Å². The van der Waals surface area contributed by atoms with E-state index in [4.69, 9.17) is 11.6 Å². The predicted molar refractivity (Wildman–Crippen MR) is 168 cm³/mol. The zero-order valence-electron chi connectivity index (χ0n) is 25.4. The van der Waals surface area contributed by atoms with Crippen LogP contribution in [0.5, 0.6) is 0 Å². The van der Waals surface area contributed by atoms with Gasteiger partial charge in [-0.2, -0.15) is 13.2 Å². The number of amides is 2. The molecule has 0 heterocycles. The van der Waals surface area contributed by atoms with Crippen LogP contribution in [0.3, 0.4) is 0 Å². The SMILES string of the molecule is CCC(C(=O)NC1CCCC1)N(Cc1ccccc1C)C(=O)CN(c1ccc(Cl)c(C(F)(F)F)c1)S(=O)(=O)c1ccc(C)cc1. The quantitative estimate of drug-likeness (QED) is 0.239. The minimum Gasteiger partial charge on any atom is -0.352 e. The van der Waals surface area contributed by atoms with Gasteiger partial charge in [0.25, 0.3) is 10.0 Å². The molecular weight excluding hydrogens is 627 g/mol. The van der Waals surface area contributed by atoms with Crippen LogP contribution in [0.4, 0.5) is 18.9 Å². The maximum absolute atomic E-state index is 14.3. The zero-order valence-corrected chi connectivity index (χ0v) is 27.0. The van der Waals surface area contributed by atoms with Crippen molar-refractivity contribution in [3.63, 3.8) is 0 Å². The fraction of sp³-hybridized carbons (Fsp3) is 0.394. The second-order valence-corrected chi connectivity index (χ2v) is 13.6. The fourth-order valence-corrected chi connectivity index (χ4v) is 7.14. The van der Waals surface area contributed by atoms with E-state index >= 15 is 0 Å². The maximum Gasteiger partial charge on any atom is 0.417 e. The smallest absolute Gasteiger partial charge is 0.352 e. The second-order valence-electron chi connectivity index (χ2n) is 11.3. The molecule has 3 aromatic carbocycles. The molecule has 0 saturated heterocycles. The number of aryl methyl sites for hydroxylation is 2. The number of carbonyl (C=O) groups is 2. The van der Waals surface area contributed by atoms with Crippen LogP contribution in [0, 0.1) is 13.8 Å². The summed E-state index contributed by atoms with van der Waals surface area (Å²) in [5, 5.41) is 2.43. The molecule has 1 N–H and O–H groups in total. The molecule has 0 aromatic heterocycles. The zero-order chi connectivity index (χ0) is 32.9. The Morgan fingerprint density at radius 3 is 2.24 bits per heavy atom. The van der Waals surface area contributed by atoms with E-state index in [0.29, 0.717) is 10.4 Å². The third-order valence-corrected chi connectivity index (χ3v) is 10.2. The molecule has 12 heteroatoms. The van der Waals surface area contributed by atoms with Gasteiger partial charge in [0, 0.05) is 12.6 Å². The maximum atomic E-state index is 14.3. The largest absolute Gasteiger partial charge is 0.417 e. The lowest BCUT2D eigenvalue weighted by atomic mass is 10.1. The number of nitrogens with zero attached hydrogens (tertiary/aromatic N) is 2. The first-order chi connectivity index (χ1) is 21.2. The lowest BCUT2D eigenvalue weighted by Crippen LogP contribution is -2.53. The number of nitrogens with one attached hydrogen (secondary N) is 1. The Bertz CT molecular complexity index is 1620. The number of hydrogen-bond donors (Lipinski definition) is 1. The highest BCUT2D eigenvalue weighted by Gasteiger charge is 2.37. The minimum absolute atomic E-state index is 0.00502. The molecule has 3 aromatic rings. The highest BCUT2D eigenvalue weighted by Crippen LogP contribution is 2.38. The standard InChI is InChI=1S/C33H37ClF3N3O4S/c1-4-30(32(42)38-25-11-7-8-12-25)39(20-24-10-6-5-9-23(24)3)31(41)21-40(45(43,44)27-16-13-22(2)14-17-27)26-15-18-29(34)28(19-26)33(35,36)37/h5-6,9-10,13-19,25,30H,4,7-8,11-12,20-21H2,1-3H3,(H,38,42). The number of hydrogen-bond acceptors (Lipinski definition) is 4. The normalized spacial score (nSPS) is 14.6. The number of rotatable bonds is 11. The van der Waals surface area contributed by atoms with Crippen LogP contribution in [0.15, 0.2) is 71.6 Å². The molecule has 0 radical (unpaired) electrons. The van der Waals surface area contributed by atoms with Gasteiger partial charge in [0.15, 0.2) is 0 Å².